The average Bonchev–Trinajstić information content (AvgIpc) is 3.24. The van der Waals surface area contributed by atoms with Gasteiger partial charge in [0.1, 0.15) is 0 Å². The van der Waals surface area contributed by atoms with Crippen molar-refractivity contribution in [1.29, 1.82) is 0 Å². The van der Waals surface area contributed by atoms with Gasteiger partial charge < -0.3 is 10.2 Å². The molecule has 2 heterocycles. The van der Waals surface area contributed by atoms with Crippen molar-refractivity contribution in [2.45, 2.75) is 0 Å². The van der Waals surface area contributed by atoms with Crippen molar-refractivity contribution in [2.24, 2.45) is 0 Å². The summed E-state index contributed by atoms with van der Waals surface area (Å²) >= 11 is 0. The number of nitrogens with one attached hydrogen (secondary N) is 1. The zero-order valence-corrected chi connectivity index (χ0v) is 15.7. The molecule has 1 aliphatic heterocycles. The number of benzene rings is 2. The largest absolute Gasteiger partial charge is 0.367 e. The molecular weight excluding hydrogens is 376 g/mol. The number of carbonyl (C=O) groups excluding carboxylic acids is 1. The number of nitrogens with zero attached hydrogens (tertiary/aromatic N) is 5. The number of hydrogen-bond acceptors (Lipinski definition) is 8. The number of non-ortho nitro benzene ring substituents is 1. The number of fused-ring (bicyclic) bond motifs is 1. The third kappa shape index (κ3) is 4.02. The van der Waals surface area contributed by atoms with E-state index in [9.17, 15) is 14.9 Å². The molecule has 0 unspecified atom stereocenters. The van der Waals surface area contributed by atoms with Gasteiger partial charge in [-0.25, -0.2) is 4.63 Å². The number of anilines is 1. The van der Waals surface area contributed by atoms with E-state index in [1.54, 1.807) is 18.2 Å². The smallest absolute Gasteiger partial charge is 0.300 e. The summed E-state index contributed by atoms with van der Waals surface area (Å²) in [6.07, 6.45) is 0. The van der Waals surface area contributed by atoms with E-state index in [4.69, 9.17) is 4.63 Å². The number of piperazine rings is 1. The highest BCUT2D eigenvalue weighted by Gasteiger charge is 2.24. The number of nitro groups is 1. The van der Waals surface area contributed by atoms with E-state index in [-0.39, 0.29) is 17.1 Å². The summed E-state index contributed by atoms with van der Waals surface area (Å²) in [6, 6.07) is 12.3. The van der Waals surface area contributed by atoms with Crippen molar-refractivity contribution in [3.05, 3.63) is 58.1 Å². The molecule has 1 amide bonds. The van der Waals surface area contributed by atoms with Gasteiger partial charge in [0.15, 0.2) is 5.52 Å². The van der Waals surface area contributed by atoms with Crippen molar-refractivity contribution in [3.8, 4) is 0 Å². The van der Waals surface area contributed by atoms with Crippen LogP contribution in [0.15, 0.2) is 47.1 Å². The molecule has 0 radical (unpaired) electrons. The molecule has 1 aliphatic rings. The van der Waals surface area contributed by atoms with Crippen LogP contribution in [0, 0.1) is 10.1 Å². The minimum Gasteiger partial charge on any atom is -0.367 e. The standard InChI is InChI=1S/C19H20N6O4/c26-19(14-4-2-1-3-5-14)20-8-9-23-10-12-24(13-11-23)15-6-7-16(25(27)28)18-17(15)21-29-22-18/h1-7H,8-13H2,(H,20,26). The van der Waals surface area contributed by atoms with Crippen molar-refractivity contribution >= 4 is 28.3 Å². The molecule has 0 spiro atoms. The average molecular weight is 396 g/mol. The molecule has 1 fully saturated rings. The van der Waals surface area contributed by atoms with Crippen LogP contribution in [-0.2, 0) is 0 Å². The molecule has 1 saturated heterocycles. The molecule has 3 aromatic rings. The van der Waals surface area contributed by atoms with Crippen LogP contribution in [0.2, 0.25) is 0 Å². The third-order valence-corrected chi connectivity index (χ3v) is 5.03. The Kier molecular flexibility index (Phi) is 5.34. The third-order valence-electron chi connectivity index (χ3n) is 5.03. The highest BCUT2D eigenvalue weighted by molar-refractivity contribution is 5.94. The summed E-state index contributed by atoms with van der Waals surface area (Å²) in [4.78, 5) is 27.1. The van der Waals surface area contributed by atoms with Crippen LogP contribution < -0.4 is 10.2 Å². The number of carbonyl (C=O) groups is 1. The first-order valence-corrected chi connectivity index (χ1v) is 9.33. The molecule has 10 nitrogen and oxygen atoms in total. The van der Waals surface area contributed by atoms with Gasteiger partial charge in [0.05, 0.1) is 10.6 Å². The fraction of sp³-hybridized carbons (Fsp3) is 0.316. The second kappa shape index (κ2) is 8.23. The molecule has 150 valence electrons. The minimum absolute atomic E-state index is 0.0731. The molecular formula is C19H20N6O4. The Hall–Kier alpha value is -3.53. The predicted molar refractivity (Wildman–Crippen MR) is 106 cm³/mol. The lowest BCUT2D eigenvalue weighted by Crippen LogP contribution is -2.48. The zero-order valence-electron chi connectivity index (χ0n) is 15.7. The van der Waals surface area contributed by atoms with Crippen molar-refractivity contribution in [1.82, 2.24) is 20.5 Å². The summed E-state index contributed by atoms with van der Waals surface area (Å²) in [5, 5.41) is 21.6. The lowest BCUT2D eigenvalue weighted by Gasteiger charge is -2.36. The minimum atomic E-state index is -0.488. The fourth-order valence-electron chi connectivity index (χ4n) is 3.47. The van der Waals surface area contributed by atoms with Crippen LogP contribution in [0.3, 0.4) is 0 Å². The Balaban J connectivity index is 1.31. The molecule has 0 bridgehead atoms. The number of amides is 1. The van der Waals surface area contributed by atoms with Gasteiger partial charge in [-0.05, 0) is 28.5 Å². The van der Waals surface area contributed by atoms with Crippen LogP contribution in [-0.4, -0.2) is 65.3 Å². The molecule has 10 heteroatoms. The first kappa shape index (κ1) is 18.8. The lowest BCUT2D eigenvalue weighted by molar-refractivity contribution is -0.383. The van der Waals surface area contributed by atoms with E-state index in [0.717, 1.165) is 38.4 Å². The van der Waals surface area contributed by atoms with Gasteiger partial charge in [-0.3, -0.25) is 19.8 Å². The van der Waals surface area contributed by atoms with E-state index in [0.29, 0.717) is 17.6 Å². The predicted octanol–water partition coefficient (Wildman–Crippen LogP) is 1.68. The quantitative estimate of drug-likeness (QED) is 0.494. The van der Waals surface area contributed by atoms with Crippen molar-refractivity contribution in [3.63, 3.8) is 0 Å². The van der Waals surface area contributed by atoms with E-state index in [1.165, 1.54) is 6.07 Å². The molecule has 0 saturated carbocycles. The maximum absolute atomic E-state index is 12.1. The lowest BCUT2D eigenvalue weighted by atomic mass is 10.2. The first-order chi connectivity index (χ1) is 14.1. The monoisotopic (exact) mass is 396 g/mol. The Labute approximate surface area is 166 Å². The molecule has 1 N–H and O–H groups in total. The molecule has 0 atom stereocenters. The summed E-state index contributed by atoms with van der Waals surface area (Å²) in [7, 11) is 0. The number of aromatic nitrogens is 2. The number of nitro benzene ring substituents is 1. The summed E-state index contributed by atoms with van der Waals surface area (Å²) in [6.45, 7) is 4.44. The normalized spacial score (nSPS) is 14.8. The van der Waals surface area contributed by atoms with E-state index in [2.05, 4.69) is 25.4 Å². The number of rotatable bonds is 6. The van der Waals surface area contributed by atoms with E-state index < -0.39 is 4.92 Å². The first-order valence-electron chi connectivity index (χ1n) is 9.33. The Morgan fingerprint density at radius 2 is 1.79 bits per heavy atom. The van der Waals surface area contributed by atoms with Gasteiger partial charge >= 0.3 is 5.69 Å². The zero-order chi connectivity index (χ0) is 20.2. The Morgan fingerprint density at radius 1 is 1.07 bits per heavy atom. The second-order valence-corrected chi connectivity index (χ2v) is 6.77. The van der Waals surface area contributed by atoms with Gasteiger partial charge in [-0.15, -0.1) is 0 Å². The van der Waals surface area contributed by atoms with Gasteiger partial charge in [0, 0.05) is 50.9 Å². The van der Waals surface area contributed by atoms with E-state index in [1.807, 2.05) is 18.2 Å². The highest BCUT2D eigenvalue weighted by atomic mass is 16.6. The Morgan fingerprint density at radius 3 is 2.52 bits per heavy atom. The molecule has 0 aliphatic carbocycles. The van der Waals surface area contributed by atoms with Crippen LogP contribution in [0.4, 0.5) is 11.4 Å². The number of hydrogen-bond donors (Lipinski definition) is 1. The molecule has 2 aromatic carbocycles. The van der Waals surface area contributed by atoms with Gasteiger partial charge in [0.2, 0.25) is 5.52 Å². The maximum atomic E-state index is 12.1. The SMILES string of the molecule is O=C(NCCN1CCN(c2ccc([N+](=O)[O-])c3nonc23)CC1)c1ccccc1. The topological polar surface area (TPSA) is 118 Å². The maximum Gasteiger partial charge on any atom is 0.300 e. The van der Waals surface area contributed by atoms with Gasteiger partial charge in [0.25, 0.3) is 5.91 Å². The summed E-state index contributed by atoms with van der Waals surface area (Å²) in [5.41, 5.74) is 1.89. The molecule has 1 aromatic heterocycles. The highest BCUT2D eigenvalue weighted by Crippen LogP contribution is 2.31. The van der Waals surface area contributed by atoms with Crippen LogP contribution in [0.1, 0.15) is 10.4 Å². The molecule has 29 heavy (non-hydrogen) atoms. The van der Waals surface area contributed by atoms with Crippen molar-refractivity contribution < 1.29 is 14.3 Å². The van der Waals surface area contributed by atoms with Gasteiger partial charge in [-0.1, -0.05) is 18.2 Å². The fourth-order valence-corrected chi connectivity index (χ4v) is 3.47. The van der Waals surface area contributed by atoms with Crippen LogP contribution in [0.25, 0.3) is 11.0 Å². The second-order valence-electron chi connectivity index (χ2n) is 6.77. The van der Waals surface area contributed by atoms with Gasteiger partial charge in [-0.2, -0.15) is 0 Å². The summed E-state index contributed by atoms with van der Waals surface area (Å²) in [5.74, 6) is -0.0731. The van der Waals surface area contributed by atoms with Crippen LogP contribution >= 0.6 is 0 Å². The Bertz CT molecular complexity index is 1010. The molecule has 4 rings (SSSR count). The van der Waals surface area contributed by atoms with Crippen LogP contribution in [0.5, 0.6) is 0 Å². The van der Waals surface area contributed by atoms with Crippen molar-refractivity contribution in [2.75, 3.05) is 44.2 Å². The summed E-state index contributed by atoms with van der Waals surface area (Å²) < 4.78 is 4.74. The van der Waals surface area contributed by atoms with E-state index >= 15 is 0 Å².